The van der Waals surface area contributed by atoms with Crippen molar-refractivity contribution in [1.29, 1.82) is 0 Å². The van der Waals surface area contributed by atoms with Gasteiger partial charge in [-0.3, -0.25) is 18.8 Å². The molecule has 2 aromatic carbocycles. The van der Waals surface area contributed by atoms with Gasteiger partial charge in [0.1, 0.15) is 11.9 Å². The molecular formula is C35H42N6O6. The third-order valence-electron chi connectivity index (χ3n) is 8.44. The minimum atomic E-state index is -0.662. The summed E-state index contributed by atoms with van der Waals surface area (Å²) in [6, 6.07) is 11.7. The van der Waals surface area contributed by atoms with Gasteiger partial charge in [0.15, 0.2) is 17.1 Å². The molecule has 5 rings (SSSR count). The van der Waals surface area contributed by atoms with Crippen molar-refractivity contribution >= 4 is 23.1 Å². The molecule has 0 spiro atoms. The molecule has 0 saturated carbocycles. The molecule has 1 aliphatic rings. The molecule has 0 bridgehead atoms. The summed E-state index contributed by atoms with van der Waals surface area (Å²) in [6.07, 6.45) is 6.58. The number of pyridine rings is 1. The first-order valence-corrected chi connectivity index (χ1v) is 15.9. The highest BCUT2D eigenvalue weighted by Gasteiger charge is 2.29. The summed E-state index contributed by atoms with van der Waals surface area (Å²) in [6.45, 7) is 3.70. The largest absolute Gasteiger partial charge is 0.493 e. The van der Waals surface area contributed by atoms with Gasteiger partial charge in [0.25, 0.3) is 0 Å². The first-order valence-electron chi connectivity index (χ1n) is 15.9. The minimum absolute atomic E-state index is 0.205. The van der Waals surface area contributed by atoms with Crippen molar-refractivity contribution in [3.8, 4) is 28.4 Å². The smallest absolute Gasteiger partial charge is 0.242 e. The van der Waals surface area contributed by atoms with Crippen LogP contribution in [0.2, 0.25) is 0 Å². The number of hydrogen-bond donors (Lipinski definition) is 3. The second kappa shape index (κ2) is 15.0. The van der Waals surface area contributed by atoms with Crippen LogP contribution in [0.25, 0.3) is 16.8 Å². The molecule has 0 fully saturated rings. The van der Waals surface area contributed by atoms with E-state index in [4.69, 9.17) is 14.2 Å². The summed E-state index contributed by atoms with van der Waals surface area (Å²) in [4.78, 5) is 38.8. The molecule has 2 amide bonds. The lowest BCUT2D eigenvalue weighted by Crippen LogP contribution is -2.38. The normalized spacial score (nSPS) is 14.3. The fourth-order valence-electron chi connectivity index (χ4n) is 6.14. The lowest BCUT2D eigenvalue weighted by atomic mass is 9.95. The van der Waals surface area contributed by atoms with Gasteiger partial charge in [-0.15, -0.1) is 10.2 Å². The molecule has 2 atom stereocenters. The van der Waals surface area contributed by atoms with Crippen LogP contribution in [-0.4, -0.2) is 60.3 Å². The number of ether oxygens (including phenoxy) is 3. The number of nitrogens with zero attached hydrogens (tertiary/aromatic N) is 3. The Morgan fingerprint density at radius 1 is 1.00 bits per heavy atom. The Bertz CT molecular complexity index is 1820. The molecule has 2 aromatic heterocycles. The maximum Gasteiger partial charge on any atom is 0.242 e. The number of amides is 2. The number of aryl methyl sites for hydroxylation is 2. The Kier molecular flexibility index (Phi) is 10.6. The van der Waals surface area contributed by atoms with Gasteiger partial charge in [-0.1, -0.05) is 18.6 Å². The standard InChI is InChI=1S/C35H42N6O6/c1-21(35(44)36-17-9-6-7-11-30-39-40-31-12-8-10-18-41(30)31)37-27-16-14-24-25(20-28(27)43)26(38-22(2)42)15-13-23-19-29(45-3)33(46-4)34(47-5)32(23)24/h8,10,12,14,16,18-21,26H,6-7,9,11,13,15,17H2,1-5H3,(H,36,44)(H,37,43)(H,38,42)/t21-,26-/m0/s1. The number of rotatable bonds is 13. The van der Waals surface area contributed by atoms with Gasteiger partial charge in [-0.2, -0.15) is 0 Å². The second-order valence-corrected chi connectivity index (χ2v) is 11.6. The van der Waals surface area contributed by atoms with Gasteiger partial charge < -0.3 is 30.2 Å². The molecule has 1 aliphatic carbocycles. The van der Waals surface area contributed by atoms with Crippen LogP contribution in [0.15, 0.2) is 53.5 Å². The van der Waals surface area contributed by atoms with Gasteiger partial charge in [-0.25, -0.2) is 0 Å². The van der Waals surface area contributed by atoms with Crippen LogP contribution in [-0.2, 0) is 22.4 Å². The maximum atomic E-state index is 13.6. The number of unbranched alkanes of at least 4 members (excludes halogenated alkanes) is 2. The molecule has 2 heterocycles. The van der Waals surface area contributed by atoms with Crippen LogP contribution >= 0.6 is 0 Å². The molecule has 12 heteroatoms. The average molecular weight is 643 g/mol. The van der Waals surface area contributed by atoms with Gasteiger partial charge in [0.05, 0.1) is 33.1 Å². The quantitative estimate of drug-likeness (QED) is 0.182. The van der Waals surface area contributed by atoms with E-state index in [1.807, 2.05) is 40.9 Å². The average Bonchev–Trinajstić information content (AvgIpc) is 3.34. The zero-order valence-corrected chi connectivity index (χ0v) is 27.5. The lowest BCUT2D eigenvalue weighted by Gasteiger charge is -2.19. The third kappa shape index (κ3) is 7.32. The van der Waals surface area contributed by atoms with Crippen molar-refractivity contribution in [2.24, 2.45) is 0 Å². The number of hydrogen-bond acceptors (Lipinski definition) is 9. The van der Waals surface area contributed by atoms with Crippen molar-refractivity contribution in [3.05, 3.63) is 75.8 Å². The minimum Gasteiger partial charge on any atom is -0.493 e. The Morgan fingerprint density at radius 3 is 2.55 bits per heavy atom. The van der Waals surface area contributed by atoms with E-state index >= 15 is 0 Å². The van der Waals surface area contributed by atoms with Crippen molar-refractivity contribution in [2.75, 3.05) is 33.2 Å². The summed E-state index contributed by atoms with van der Waals surface area (Å²) in [5.74, 6) is 1.95. The van der Waals surface area contributed by atoms with Crippen molar-refractivity contribution in [1.82, 2.24) is 25.2 Å². The topological polar surface area (TPSA) is 145 Å². The molecule has 248 valence electrons. The fourth-order valence-corrected chi connectivity index (χ4v) is 6.14. The Balaban J connectivity index is 1.30. The van der Waals surface area contributed by atoms with E-state index in [1.54, 1.807) is 34.3 Å². The molecule has 0 unspecified atom stereocenters. The molecular weight excluding hydrogens is 600 g/mol. The van der Waals surface area contributed by atoms with Gasteiger partial charge >= 0.3 is 0 Å². The van der Waals surface area contributed by atoms with Crippen LogP contribution in [0.3, 0.4) is 0 Å². The maximum absolute atomic E-state index is 13.6. The Morgan fingerprint density at radius 2 is 1.81 bits per heavy atom. The van der Waals surface area contributed by atoms with Crippen LogP contribution in [0.1, 0.15) is 62.5 Å². The van der Waals surface area contributed by atoms with E-state index in [0.717, 1.165) is 53.8 Å². The molecule has 4 aromatic rings. The molecule has 0 aliphatic heterocycles. The summed E-state index contributed by atoms with van der Waals surface area (Å²) < 4.78 is 19.1. The summed E-state index contributed by atoms with van der Waals surface area (Å²) >= 11 is 0. The van der Waals surface area contributed by atoms with Gasteiger partial charge in [-0.05, 0) is 79.6 Å². The molecule has 12 nitrogen and oxygen atoms in total. The van der Waals surface area contributed by atoms with Gasteiger partial charge in [0, 0.05) is 31.6 Å². The van der Waals surface area contributed by atoms with E-state index < -0.39 is 12.1 Å². The SMILES string of the molecule is COc1cc2c(c(OC)c1OC)-c1ccc(N[C@@H](C)C(=O)NCCCCCc3nnc4ccccn34)c(=O)cc1[C@@H](NC(C)=O)CC2. The molecule has 3 N–H and O–H groups in total. The summed E-state index contributed by atoms with van der Waals surface area (Å²) in [7, 11) is 4.66. The van der Waals surface area contributed by atoms with Crippen LogP contribution in [0.5, 0.6) is 17.2 Å². The molecule has 0 radical (unpaired) electrons. The van der Waals surface area contributed by atoms with E-state index in [9.17, 15) is 14.4 Å². The van der Waals surface area contributed by atoms with E-state index in [2.05, 4.69) is 26.1 Å². The second-order valence-electron chi connectivity index (χ2n) is 11.6. The van der Waals surface area contributed by atoms with Crippen LogP contribution < -0.4 is 35.6 Å². The highest BCUT2D eigenvalue weighted by atomic mass is 16.5. The van der Waals surface area contributed by atoms with E-state index in [0.29, 0.717) is 42.2 Å². The number of benzene rings is 1. The Labute approximate surface area is 273 Å². The highest BCUT2D eigenvalue weighted by Crippen LogP contribution is 2.50. The fraction of sp³-hybridized carbons (Fsp3) is 0.400. The predicted molar refractivity (Wildman–Crippen MR) is 179 cm³/mol. The number of methoxy groups -OCH3 is 3. The van der Waals surface area contributed by atoms with Crippen molar-refractivity contribution in [3.63, 3.8) is 0 Å². The Hall–Kier alpha value is -5.13. The predicted octanol–water partition coefficient (Wildman–Crippen LogP) is 4.24. The van der Waals surface area contributed by atoms with Crippen LogP contribution in [0.4, 0.5) is 5.69 Å². The third-order valence-corrected chi connectivity index (χ3v) is 8.44. The number of nitrogens with one attached hydrogen (secondary N) is 3. The zero-order valence-electron chi connectivity index (χ0n) is 27.5. The number of carbonyl (C=O) groups is 2. The van der Waals surface area contributed by atoms with E-state index in [1.165, 1.54) is 13.0 Å². The van der Waals surface area contributed by atoms with Gasteiger partial charge in [0.2, 0.25) is 23.0 Å². The monoisotopic (exact) mass is 642 g/mol. The number of aromatic nitrogens is 3. The molecule has 47 heavy (non-hydrogen) atoms. The van der Waals surface area contributed by atoms with Crippen molar-refractivity contribution in [2.45, 2.75) is 64.5 Å². The molecule has 0 saturated heterocycles. The first-order chi connectivity index (χ1) is 22.7. The van der Waals surface area contributed by atoms with Crippen molar-refractivity contribution < 1.29 is 23.8 Å². The first kappa shape index (κ1) is 33.2. The number of fused-ring (bicyclic) bond motifs is 4. The summed E-state index contributed by atoms with van der Waals surface area (Å²) in [5.41, 5.74) is 3.86. The lowest BCUT2D eigenvalue weighted by molar-refractivity contribution is -0.121. The van der Waals surface area contributed by atoms with Crippen LogP contribution in [0, 0.1) is 0 Å². The summed E-state index contributed by atoms with van der Waals surface area (Å²) in [5, 5.41) is 17.5. The zero-order chi connectivity index (χ0) is 33.5. The number of anilines is 1. The van der Waals surface area contributed by atoms with E-state index in [-0.39, 0.29) is 22.9 Å². The number of carbonyl (C=O) groups excluding carboxylic acids is 2. The highest BCUT2D eigenvalue weighted by molar-refractivity contribution is 5.85.